The van der Waals surface area contributed by atoms with Crippen molar-refractivity contribution in [2.24, 2.45) is 0 Å². The number of aromatic nitrogens is 2. The van der Waals surface area contributed by atoms with Gasteiger partial charge in [0.15, 0.2) is 0 Å². The highest BCUT2D eigenvalue weighted by Crippen LogP contribution is 2.12. The molecule has 96 valence electrons. The molecule has 17 heavy (non-hydrogen) atoms. The highest BCUT2D eigenvalue weighted by atomic mass is 16.5. The monoisotopic (exact) mass is 238 g/mol. The summed E-state index contributed by atoms with van der Waals surface area (Å²) in [6.07, 6.45) is 0. The molecule has 0 radical (unpaired) electrons. The zero-order chi connectivity index (χ0) is 12.9. The molecule has 0 aliphatic rings. The fraction of sp³-hybridized carbons (Fsp3) is 0.667. The molecule has 0 bridgehead atoms. The second kappa shape index (κ2) is 5.82. The number of hydrogen-bond acceptors (Lipinski definition) is 5. The molecule has 0 fully saturated rings. The molecule has 0 saturated carbocycles. The van der Waals surface area contributed by atoms with Crippen LogP contribution in [0.25, 0.3) is 0 Å². The fourth-order valence-electron chi connectivity index (χ4n) is 1.27. The van der Waals surface area contributed by atoms with Crippen LogP contribution in [0.4, 0.5) is 11.8 Å². The van der Waals surface area contributed by atoms with Crippen molar-refractivity contribution in [2.45, 2.75) is 33.3 Å². The second-order valence-electron chi connectivity index (χ2n) is 4.57. The molecule has 1 heterocycles. The summed E-state index contributed by atoms with van der Waals surface area (Å²) < 4.78 is 5.35. The summed E-state index contributed by atoms with van der Waals surface area (Å²) in [5, 5.41) is 6.37. The minimum atomic E-state index is -0.211. The summed E-state index contributed by atoms with van der Waals surface area (Å²) in [5.74, 6) is 1.48. The van der Waals surface area contributed by atoms with Crippen LogP contribution in [0.1, 0.15) is 26.5 Å². The van der Waals surface area contributed by atoms with Crippen molar-refractivity contribution in [2.75, 3.05) is 30.8 Å². The number of ether oxygens (including phenoxy) is 1. The molecule has 0 aromatic carbocycles. The van der Waals surface area contributed by atoms with E-state index < -0.39 is 0 Å². The third kappa shape index (κ3) is 4.56. The lowest BCUT2D eigenvalue weighted by molar-refractivity contribution is 0.0343. The van der Waals surface area contributed by atoms with Gasteiger partial charge in [-0.1, -0.05) is 0 Å². The highest BCUT2D eigenvalue weighted by Gasteiger charge is 2.16. The van der Waals surface area contributed by atoms with Gasteiger partial charge in [-0.15, -0.1) is 0 Å². The van der Waals surface area contributed by atoms with Crippen LogP contribution in [0, 0.1) is 6.92 Å². The van der Waals surface area contributed by atoms with Crippen LogP contribution in [0.2, 0.25) is 0 Å². The zero-order valence-electron chi connectivity index (χ0n) is 11.3. The van der Waals surface area contributed by atoms with E-state index in [2.05, 4.69) is 20.6 Å². The Balaban J connectivity index is 2.70. The maximum absolute atomic E-state index is 5.35. The predicted molar refractivity (Wildman–Crippen MR) is 70.5 cm³/mol. The average molecular weight is 238 g/mol. The van der Waals surface area contributed by atoms with Gasteiger partial charge in [-0.05, 0) is 27.7 Å². The van der Waals surface area contributed by atoms with E-state index in [1.807, 2.05) is 33.8 Å². The topological polar surface area (TPSA) is 59.1 Å². The Hall–Kier alpha value is -1.36. The van der Waals surface area contributed by atoms with Crippen molar-refractivity contribution in [3.63, 3.8) is 0 Å². The summed E-state index contributed by atoms with van der Waals surface area (Å²) in [4.78, 5) is 8.67. The molecule has 0 unspecified atom stereocenters. The molecule has 0 aliphatic heterocycles. The van der Waals surface area contributed by atoms with Gasteiger partial charge in [-0.25, -0.2) is 4.98 Å². The molecule has 0 spiro atoms. The summed E-state index contributed by atoms with van der Waals surface area (Å²) in [6, 6.07) is 1.92. The Morgan fingerprint density at radius 2 is 2.00 bits per heavy atom. The number of rotatable bonds is 6. The van der Waals surface area contributed by atoms with Crippen LogP contribution in [-0.4, -0.2) is 35.8 Å². The Labute approximate surface area is 103 Å². The third-order valence-corrected chi connectivity index (χ3v) is 2.44. The molecule has 0 aliphatic carbocycles. The van der Waals surface area contributed by atoms with Crippen molar-refractivity contribution in [3.8, 4) is 0 Å². The van der Waals surface area contributed by atoms with Gasteiger partial charge in [-0.3, -0.25) is 0 Å². The van der Waals surface area contributed by atoms with Crippen LogP contribution in [0.15, 0.2) is 6.07 Å². The molecule has 0 amide bonds. The van der Waals surface area contributed by atoms with Gasteiger partial charge in [0.25, 0.3) is 0 Å². The van der Waals surface area contributed by atoms with Gasteiger partial charge < -0.3 is 15.4 Å². The lowest BCUT2D eigenvalue weighted by Gasteiger charge is -2.23. The first kappa shape index (κ1) is 13.7. The normalized spacial score (nSPS) is 11.4. The average Bonchev–Trinajstić information content (AvgIpc) is 2.26. The van der Waals surface area contributed by atoms with Crippen LogP contribution in [-0.2, 0) is 4.74 Å². The summed E-state index contributed by atoms with van der Waals surface area (Å²) in [5.41, 5.74) is 0.727. The minimum absolute atomic E-state index is 0.211. The molecule has 5 heteroatoms. The number of methoxy groups -OCH3 is 1. The van der Waals surface area contributed by atoms with Crippen molar-refractivity contribution in [3.05, 3.63) is 11.8 Å². The lowest BCUT2D eigenvalue weighted by atomic mass is 10.1. The van der Waals surface area contributed by atoms with E-state index in [1.165, 1.54) is 0 Å². The van der Waals surface area contributed by atoms with E-state index in [9.17, 15) is 0 Å². The van der Waals surface area contributed by atoms with Gasteiger partial charge in [0.05, 0.1) is 5.60 Å². The van der Waals surface area contributed by atoms with E-state index in [4.69, 9.17) is 4.74 Å². The minimum Gasteiger partial charge on any atom is -0.377 e. The first-order chi connectivity index (χ1) is 7.96. The van der Waals surface area contributed by atoms with Crippen LogP contribution in [0.3, 0.4) is 0 Å². The van der Waals surface area contributed by atoms with E-state index in [1.54, 1.807) is 7.11 Å². The number of anilines is 2. The quantitative estimate of drug-likeness (QED) is 0.794. The van der Waals surface area contributed by atoms with Gasteiger partial charge in [-0.2, -0.15) is 4.98 Å². The Morgan fingerprint density at radius 3 is 2.59 bits per heavy atom. The third-order valence-electron chi connectivity index (χ3n) is 2.44. The van der Waals surface area contributed by atoms with Crippen LogP contribution >= 0.6 is 0 Å². The smallest absolute Gasteiger partial charge is 0.224 e. The first-order valence-electron chi connectivity index (χ1n) is 5.85. The number of nitrogens with one attached hydrogen (secondary N) is 2. The molecule has 1 rings (SSSR count). The Morgan fingerprint density at radius 1 is 1.29 bits per heavy atom. The summed E-state index contributed by atoms with van der Waals surface area (Å²) in [7, 11) is 1.71. The van der Waals surface area contributed by atoms with Gasteiger partial charge in [0, 0.05) is 32.0 Å². The van der Waals surface area contributed by atoms with Gasteiger partial charge >= 0.3 is 0 Å². The Bertz CT molecular complexity index is 366. The highest BCUT2D eigenvalue weighted by molar-refractivity contribution is 5.42. The maximum Gasteiger partial charge on any atom is 0.224 e. The fourth-order valence-corrected chi connectivity index (χ4v) is 1.27. The number of aryl methyl sites for hydroxylation is 1. The molecule has 0 saturated heterocycles. The van der Waals surface area contributed by atoms with E-state index in [0.29, 0.717) is 12.5 Å². The van der Waals surface area contributed by atoms with Crippen molar-refractivity contribution in [1.82, 2.24) is 9.97 Å². The molecule has 1 aromatic heterocycles. The summed E-state index contributed by atoms with van der Waals surface area (Å²) >= 11 is 0. The molecule has 2 N–H and O–H groups in total. The summed E-state index contributed by atoms with van der Waals surface area (Å²) in [6.45, 7) is 9.54. The van der Waals surface area contributed by atoms with Gasteiger partial charge in [0.2, 0.25) is 5.95 Å². The zero-order valence-corrected chi connectivity index (χ0v) is 11.3. The maximum atomic E-state index is 5.35. The lowest BCUT2D eigenvalue weighted by Crippen LogP contribution is -2.32. The largest absolute Gasteiger partial charge is 0.377 e. The van der Waals surface area contributed by atoms with Crippen molar-refractivity contribution in [1.29, 1.82) is 0 Å². The van der Waals surface area contributed by atoms with Crippen LogP contribution < -0.4 is 10.6 Å². The molecule has 0 atom stereocenters. The van der Waals surface area contributed by atoms with Crippen molar-refractivity contribution < 1.29 is 4.74 Å². The van der Waals surface area contributed by atoms with Crippen molar-refractivity contribution >= 4 is 11.8 Å². The van der Waals surface area contributed by atoms with Crippen LogP contribution in [0.5, 0.6) is 0 Å². The second-order valence-corrected chi connectivity index (χ2v) is 4.57. The molecule has 5 nitrogen and oxygen atoms in total. The molecular formula is C12H22N4O. The predicted octanol–water partition coefficient (Wildman–Crippen LogP) is 2.05. The Kier molecular flexibility index (Phi) is 4.69. The van der Waals surface area contributed by atoms with E-state index in [-0.39, 0.29) is 5.60 Å². The van der Waals surface area contributed by atoms with E-state index >= 15 is 0 Å². The SMILES string of the molecule is CCNc1nc(C)cc(NCC(C)(C)OC)n1. The standard InChI is InChI=1S/C12H22N4O/c1-6-13-11-15-9(2)7-10(16-11)14-8-12(3,4)17-5/h7H,6,8H2,1-5H3,(H2,13,14,15,16). The first-order valence-corrected chi connectivity index (χ1v) is 5.85. The van der Waals surface area contributed by atoms with E-state index in [0.717, 1.165) is 18.1 Å². The molecular weight excluding hydrogens is 216 g/mol. The number of nitrogens with zero attached hydrogens (tertiary/aromatic N) is 2. The molecule has 1 aromatic rings. The number of hydrogen-bond donors (Lipinski definition) is 2. The van der Waals surface area contributed by atoms with Gasteiger partial charge in [0.1, 0.15) is 5.82 Å².